The standard InChI is InChI=1S/C23H27NO4/c1-23(2,3)28-22(27)24-19(15-20(25)21(24)26)14-11-16-9-12-18(13-10-16)17-7-5-4-6-8-17/h4-10,12-13,19-20,25H,11,14-15H2,1-3H3/t19-,20?/m1/s1. The van der Waals surface area contributed by atoms with Crippen LogP contribution in [0.2, 0.25) is 0 Å². The summed E-state index contributed by atoms with van der Waals surface area (Å²) in [6, 6.07) is 18.1. The molecule has 5 heteroatoms. The van der Waals surface area contributed by atoms with Gasteiger partial charge in [0.25, 0.3) is 5.91 Å². The minimum atomic E-state index is -1.14. The van der Waals surface area contributed by atoms with Crippen molar-refractivity contribution in [1.29, 1.82) is 0 Å². The molecule has 1 heterocycles. The third kappa shape index (κ3) is 4.78. The van der Waals surface area contributed by atoms with E-state index in [1.807, 2.05) is 18.2 Å². The van der Waals surface area contributed by atoms with Crippen LogP contribution in [0.25, 0.3) is 11.1 Å². The molecule has 2 aromatic rings. The predicted molar refractivity (Wildman–Crippen MR) is 108 cm³/mol. The van der Waals surface area contributed by atoms with E-state index in [0.29, 0.717) is 12.8 Å². The molecule has 0 bridgehead atoms. The van der Waals surface area contributed by atoms with Gasteiger partial charge in [-0.05, 0) is 50.3 Å². The van der Waals surface area contributed by atoms with Gasteiger partial charge >= 0.3 is 6.09 Å². The fourth-order valence-corrected chi connectivity index (χ4v) is 3.43. The average Bonchev–Trinajstić information content (AvgIpc) is 2.94. The Hall–Kier alpha value is -2.66. The normalized spacial score (nSPS) is 19.7. The molecule has 1 N–H and O–H groups in total. The van der Waals surface area contributed by atoms with E-state index in [9.17, 15) is 14.7 Å². The third-order valence-electron chi connectivity index (χ3n) is 4.80. The van der Waals surface area contributed by atoms with E-state index >= 15 is 0 Å². The number of hydrogen-bond donors (Lipinski definition) is 1. The Morgan fingerprint density at radius 3 is 2.29 bits per heavy atom. The Bertz CT molecular complexity index is 824. The highest BCUT2D eigenvalue weighted by atomic mass is 16.6. The number of aryl methyl sites for hydroxylation is 1. The Morgan fingerprint density at radius 1 is 1.07 bits per heavy atom. The molecule has 0 aromatic heterocycles. The maximum absolute atomic E-state index is 12.4. The maximum Gasteiger partial charge on any atom is 0.417 e. The van der Waals surface area contributed by atoms with Crippen LogP contribution in [0, 0.1) is 0 Å². The molecule has 0 radical (unpaired) electrons. The number of aliphatic hydroxyl groups is 1. The second kappa shape index (κ2) is 8.15. The van der Waals surface area contributed by atoms with Gasteiger partial charge in [0.15, 0.2) is 0 Å². The molecule has 1 saturated heterocycles. The van der Waals surface area contributed by atoms with Crippen molar-refractivity contribution in [2.24, 2.45) is 0 Å². The van der Waals surface area contributed by atoms with Gasteiger partial charge in [-0.15, -0.1) is 0 Å². The van der Waals surface area contributed by atoms with Crippen molar-refractivity contribution in [2.45, 2.75) is 57.8 Å². The second-order valence-electron chi connectivity index (χ2n) is 8.20. The van der Waals surface area contributed by atoms with Gasteiger partial charge in [0.05, 0.1) is 0 Å². The molecule has 0 saturated carbocycles. The number of ether oxygens (including phenoxy) is 1. The summed E-state index contributed by atoms with van der Waals surface area (Å²) in [5.41, 5.74) is 2.74. The van der Waals surface area contributed by atoms with E-state index < -0.39 is 23.7 Å². The van der Waals surface area contributed by atoms with Gasteiger partial charge in [0.2, 0.25) is 0 Å². The summed E-state index contributed by atoms with van der Waals surface area (Å²) >= 11 is 0. The zero-order valence-corrected chi connectivity index (χ0v) is 16.6. The van der Waals surface area contributed by atoms with Crippen molar-refractivity contribution in [3.8, 4) is 11.1 Å². The lowest BCUT2D eigenvalue weighted by Crippen LogP contribution is -2.43. The first-order chi connectivity index (χ1) is 13.2. The van der Waals surface area contributed by atoms with Crippen LogP contribution in [0.3, 0.4) is 0 Å². The first-order valence-electron chi connectivity index (χ1n) is 9.63. The molecular formula is C23H27NO4. The van der Waals surface area contributed by atoms with E-state index in [0.717, 1.165) is 21.6 Å². The summed E-state index contributed by atoms with van der Waals surface area (Å²) in [4.78, 5) is 25.7. The number of carbonyl (C=O) groups excluding carboxylic acids is 2. The van der Waals surface area contributed by atoms with Crippen LogP contribution in [0.15, 0.2) is 54.6 Å². The molecule has 148 valence electrons. The number of aliphatic hydroxyl groups excluding tert-OH is 1. The summed E-state index contributed by atoms with van der Waals surface area (Å²) in [6.45, 7) is 5.27. The number of hydrogen-bond acceptors (Lipinski definition) is 4. The second-order valence-corrected chi connectivity index (χ2v) is 8.20. The van der Waals surface area contributed by atoms with Crippen molar-refractivity contribution in [1.82, 2.24) is 4.90 Å². The lowest BCUT2D eigenvalue weighted by Gasteiger charge is -2.27. The fraction of sp³-hybridized carbons (Fsp3) is 0.391. The summed E-state index contributed by atoms with van der Waals surface area (Å²) in [5.74, 6) is -0.571. The van der Waals surface area contributed by atoms with Crippen LogP contribution in [0.4, 0.5) is 4.79 Å². The molecule has 2 amide bonds. The highest BCUT2D eigenvalue weighted by molar-refractivity contribution is 5.96. The van der Waals surface area contributed by atoms with Crippen molar-refractivity contribution < 1.29 is 19.4 Å². The number of likely N-dealkylation sites (tertiary alicyclic amines) is 1. The SMILES string of the molecule is CC(C)(C)OC(=O)N1C(=O)C(O)C[C@H]1CCc1ccc(-c2ccccc2)cc1. The zero-order valence-electron chi connectivity index (χ0n) is 16.6. The molecule has 1 fully saturated rings. The lowest BCUT2D eigenvalue weighted by atomic mass is 10.00. The zero-order chi connectivity index (χ0) is 20.3. The molecule has 2 atom stereocenters. The first kappa shape index (κ1) is 20.1. The van der Waals surface area contributed by atoms with E-state index in [2.05, 4.69) is 36.4 Å². The van der Waals surface area contributed by atoms with E-state index in [-0.39, 0.29) is 12.5 Å². The van der Waals surface area contributed by atoms with Crippen LogP contribution in [-0.4, -0.2) is 39.8 Å². The smallest absolute Gasteiger partial charge is 0.417 e. The van der Waals surface area contributed by atoms with E-state index in [1.165, 1.54) is 0 Å². The maximum atomic E-state index is 12.4. The van der Waals surface area contributed by atoms with Crippen LogP contribution < -0.4 is 0 Å². The number of rotatable bonds is 4. The Labute approximate surface area is 165 Å². The van der Waals surface area contributed by atoms with Crippen LogP contribution in [0.1, 0.15) is 39.2 Å². The van der Waals surface area contributed by atoms with Gasteiger partial charge < -0.3 is 9.84 Å². The fourth-order valence-electron chi connectivity index (χ4n) is 3.43. The van der Waals surface area contributed by atoms with Gasteiger partial charge in [-0.2, -0.15) is 0 Å². The molecule has 1 aliphatic rings. The van der Waals surface area contributed by atoms with Crippen molar-refractivity contribution in [2.75, 3.05) is 0 Å². The molecule has 1 unspecified atom stereocenters. The van der Waals surface area contributed by atoms with Gasteiger partial charge in [0, 0.05) is 12.5 Å². The Balaban J connectivity index is 1.65. The Kier molecular flexibility index (Phi) is 5.84. The molecule has 1 aliphatic heterocycles. The number of imide groups is 1. The average molecular weight is 381 g/mol. The number of amides is 2. The summed E-state index contributed by atoms with van der Waals surface area (Å²) < 4.78 is 5.34. The summed E-state index contributed by atoms with van der Waals surface area (Å²) in [5, 5.41) is 9.95. The molecule has 3 rings (SSSR count). The van der Waals surface area contributed by atoms with Gasteiger partial charge in [-0.3, -0.25) is 4.79 Å². The van der Waals surface area contributed by atoms with Crippen molar-refractivity contribution in [3.05, 3.63) is 60.2 Å². The van der Waals surface area contributed by atoms with E-state index in [4.69, 9.17) is 4.74 Å². The minimum absolute atomic E-state index is 0.250. The highest BCUT2D eigenvalue weighted by Gasteiger charge is 2.43. The quantitative estimate of drug-likeness (QED) is 0.863. The highest BCUT2D eigenvalue weighted by Crippen LogP contribution is 2.26. The predicted octanol–water partition coefficient (Wildman–Crippen LogP) is 4.18. The largest absolute Gasteiger partial charge is 0.443 e. The molecule has 2 aromatic carbocycles. The monoisotopic (exact) mass is 381 g/mol. The summed E-state index contributed by atoms with van der Waals surface area (Å²) in [6.07, 6.45) is -0.275. The van der Waals surface area contributed by atoms with Crippen molar-refractivity contribution in [3.63, 3.8) is 0 Å². The summed E-state index contributed by atoms with van der Waals surface area (Å²) in [7, 11) is 0. The van der Waals surface area contributed by atoms with E-state index in [1.54, 1.807) is 20.8 Å². The number of nitrogens with zero attached hydrogens (tertiary/aromatic N) is 1. The molecular weight excluding hydrogens is 354 g/mol. The molecule has 0 aliphatic carbocycles. The first-order valence-corrected chi connectivity index (χ1v) is 9.63. The van der Waals surface area contributed by atoms with Crippen LogP contribution in [0.5, 0.6) is 0 Å². The minimum Gasteiger partial charge on any atom is -0.443 e. The van der Waals surface area contributed by atoms with Gasteiger partial charge in [-0.1, -0.05) is 54.6 Å². The lowest BCUT2D eigenvalue weighted by molar-refractivity contribution is -0.134. The molecule has 5 nitrogen and oxygen atoms in total. The Morgan fingerprint density at radius 2 is 1.68 bits per heavy atom. The topological polar surface area (TPSA) is 66.8 Å². The molecule has 28 heavy (non-hydrogen) atoms. The molecule has 0 spiro atoms. The van der Waals surface area contributed by atoms with Crippen molar-refractivity contribution >= 4 is 12.0 Å². The van der Waals surface area contributed by atoms with Gasteiger partial charge in [0.1, 0.15) is 11.7 Å². The number of carbonyl (C=O) groups is 2. The van der Waals surface area contributed by atoms with Crippen LogP contribution >= 0.6 is 0 Å². The number of benzene rings is 2. The van der Waals surface area contributed by atoms with Crippen LogP contribution in [-0.2, 0) is 16.0 Å². The van der Waals surface area contributed by atoms with Gasteiger partial charge in [-0.25, -0.2) is 9.69 Å². The third-order valence-corrected chi connectivity index (χ3v) is 4.80.